The van der Waals surface area contributed by atoms with E-state index >= 15 is 0 Å². The van der Waals surface area contributed by atoms with Gasteiger partial charge in [-0.1, -0.05) is 38.5 Å². The third-order valence-corrected chi connectivity index (χ3v) is 4.92. The summed E-state index contributed by atoms with van der Waals surface area (Å²) in [5, 5.41) is 3.65. The minimum Gasteiger partial charge on any atom is -0.314 e. The van der Waals surface area contributed by atoms with E-state index in [1.807, 2.05) is 0 Å². The molecule has 2 heteroatoms. The van der Waals surface area contributed by atoms with Crippen molar-refractivity contribution in [1.29, 1.82) is 0 Å². The summed E-state index contributed by atoms with van der Waals surface area (Å²) in [5.41, 5.74) is 0. The third-order valence-electron chi connectivity index (χ3n) is 4.92. The van der Waals surface area contributed by atoms with E-state index < -0.39 is 0 Å². The molecule has 1 saturated carbocycles. The van der Waals surface area contributed by atoms with Crippen LogP contribution in [0.25, 0.3) is 0 Å². The summed E-state index contributed by atoms with van der Waals surface area (Å²) in [7, 11) is 2.31. The minimum absolute atomic E-state index is 0.802. The Morgan fingerprint density at radius 1 is 0.889 bits per heavy atom. The molecule has 18 heavy (non-hydrogen) atoms. The van der Waals surface area contributed by atoms with Crippen LogP contribution >= 0.6 is 0 Å². The molecule has 0 aromatic carbocycles. The largest absolute Gasteiger partial charge is 0.314 e. The summed E-state index contributed by atoms with van der Waals surface area (Å²) in [6.07, 6.45) is 14.5. The second kappa shape index (κ2) is 8.16. The molecule has 0 bridgehead atoms. The standard InChI is InChI=1S/C16H32N2/c1-18(13-10-15-7-3-2-4-8-15)14-11-16-9-5-6-12-17-16/h15-17H,2-14H2,1H3. The van der Waals surface area contributed by atoms with Crippen LogP contribution in [0.4, 0.5) is 0 Å². The van der Waals surface area contributed by atoms with E-state index in [1.54, 1.807) is 0 Å². The molecule has 1 N–H and O–H groups in total. The first-order chi connectivity index (χ1) is 8.84. The normalized spacial score (nSPS) is 26.7. The highest BCUT2D eigenvalue weighted by Gasteiger charge is 2.15. The second-order valence-electron chi connectivity index (χ2n) is 6.53. The van der Waals surface area contributed by atoms with Gasteiger partial charge >= 0.3 is 0 Å². The average molecular weight is 252 g/mol. The van der Waals surface area contributed by atoms with Crippen LogP contribution in [0.3, 0.4) is 0 Å². The predicted octanol–water partition coefficient (Wildman–Crippen LogP) is 3.42. The van der Waals surface area contributed by atoms with Crippen LogP contribution in [-0.4, -0.2) is 37.6 Å². The van der Waals surface area contributed by atoms with E-state index in [1.165, 1.54) is 83.8 Å². The zero-order valence-corrected chi connectivity index (χ0v) is 12.3. The molecule has 2 rings (SSSR count). The van der Waals surface area contributed by atoms with Crippen LogP contribution in [0.2, 0.25) is 0 Å². The summed E-state index contributed by atoms with van der Waals surface area (Å²) in [5.74, 6) is 1.04. The van der Waals surface area contributed by atoms with Crippen molar-refractivity contribution >= 4 is 0 Å². The predicted molar refractivity (Wildman–Crippen MR) is 78.9 cm³/mol. The van der Waals surface area contributed by atoms with Crippen molar-refractivity contribution in [3.8, 4) is 0 Å². The number of hydrogen-bond donors (Lipinski definition) is 1. The maximum Gasteiger partial charge on any atom is 0.00792 e. The lowest BCUT2D eigenvalue weighted by molar-refractivity contribution is 0.248. The van der Waals surface area contributed by atoms with E-state index in [0.29, 0.717) is 0 Å². The van der Waals surface area contributed by atoms with E-state index in [-0.39, 0.29) is 0 Å². The quantitative estimate of drug-likeness (QED) is 0.779. The van der Waals surface area contributed by atoms with Gasteiger partial charge in [-0.15, -0.1) is 0 Å². The molecule has 1 aliphatic heterocycles. The van der Waals surface area contributed by atoms with Crippen LogP contribution in [0.1, 0.15) is 64.2 Å². The van der Waals surface area contributed by atoms with Gasteiger partial charge in [-0.05, 0) is 58.3 Å². The Morgan fingerprint density at radius 3 is 2.33 bits per heavy atom. The van der Waals surface area contributed by atoms with Gasteiger partial charge in [0.1, 0.15) is 0 Å². The van der Waals surface area contributed by atoms with E-state index in [4.69, 9.17) is 0 Å². The first kappa shape index (κ1) is 14.3. The number of rotatable bonds is 6. The van der Waals surface area contributed by atoms with Gasteiger partial charge in [0, 0.05) is 6.04 Å². The molecular weight excluding hydrogens is 220 g/mol. The fraction of sp³-hybridized carbons (Fsp3) is 1.00. The van der Waals surface area contributed by atoms with Crippen molar-refractivity contribution in [2.45, 2.75) is 70.3 Å². The maximum absolute atomic E-state index is 3.65. The van der Waals surface area contributed by atoms with Crippen LogP contribution < -0.4 is 5.32 Å². The molecule has 106 valence electrons. The SMILES string of the molecule is CN(CCC1CCCCC1)CCC1CCCCN1. The highest BCUT2D eigenvalue weighted by molar-refractivity contribution is 4.74. The highest BCUT2D eigenvalue weighted by Crippen LogP contribution is 2.26. The topological polar surface area (TPSA) is 15.3 Å². The molecule has 1 saturated heterocycles. The van der Waals surface area contributed by atoms with Crippen molar-refractivity contribution in [1.82, 2.24) is 10.2 Å². The van der Waals surface area contributed by atoms with Gasteiger partial charge in [-0.3, -0.25) is 0 Å². The van der Waals surface area contributed by atoms with Crippen molar-refractivity contribution in [2.75, 3.05) is 26.7 Å². The summed E-state index contributed by atoms with van der Waals surface area (Å²) in [6, 6.07) is 0.802. The number of nitrogens with one attached hydrogen (secondary N) is 1. The van der Waals surface area contributed by atoms with Gasteiger partial charge in [0.2, 0.25) is 0 Å². The molecule has 0 aromatic rings. The van der Waals surface area contributed by atoms with E-state index in [2.05, 4.69) is 17.3 Å². The van der Waals surface area contributed by atoms with Gasteiger partial charge in [0.25, 0.3) is 0 Å². The smallest absolute Gasteiger partial charge is 0.00792 e. The minimum atomic E-state index is 0.802. The first-order valence-electron chi connectivity index (χ1n) is 8.26. The third kappa shape index (κ3) is 5.27. The lowest BCUT2D eigenvalue weighted by Gasteiger charge is -2.27. The number of nitrogens with zero attached hydrogens (tertiary/aromatic N) is 1. The Morgan fingerprint density at radius 2 is 1.61 bits per heavy atom. The molecule has 1 aliphatic carbocycles. The molecule has 2 aliphatic rings. The number of piperidine rings is 1. The van der Waals surface area contributed by atoms with Gasteiger partial charge in [-0.2, -0.15) is 0 Å². The monoisotopic (exact) mass is 252 g/mol. The van der Waals surface area contributed by atoms with Gasteiger partial charge in [0.05, 0.1) is 0 Å². The van der Waals surface area contributed by atoms with Gasteiger partial charge < -0.3 is 10.2 Å². The molecule has 2 nitrogen and oxygen atoms in total. The maximum atomic E-state index is 3.65. The Balaban J connectivity index is 1.52. The number of hydrogen-bond acceptors (Lipinski definition) is 2. The zero-order chi connectivity index (χ0) is 12.6. The second-order valence-corrected chi connectivity index (χ2v) is 6.53. The Hall–Kier alpha value is -0.0800. The lowest BCUT2D eigenvalue weighted by Crippen LogP contribution is -2.37. The summed E-state index contributed by atoms with van der Waals surface area (Å²) < 4.78 is 0. The van der Waals surface area contributed by atoms with E-state index in [0.717, 1.165) is 12.0 Å². The average Bonchev–Trinajstić information content (AvgIpc) is 2.45. The van der Waals surface area contributed by atoms with E-state index in [9.17, 15) is 0 Å². The molecule has 1 atom stereocenters. The lowest BCUT2D eigenvalue weighted by atomic mass is 9.87. The fourth-order valence-corrected chi connectivity index (χ4v) is 3.54. The molecule has 0 spiro atoms. The summed E-state index contributed by atoms with van der Waals surface area (Å²) in [4.78, 5) is 2.56. The van der Waals surface area contributed by atoms with Crippen molar-refractivity contribution < 1.29 is 0 Å². The summed E-state index contributed by atoms with van der Waals surface area (Å²) in [6.45, 7) is 3.85. The van der Waals surface area contributed by atoms with Crippen LogP contribution in [0.15, 0.2) is 0 Å². The van der Waals surface area contributed by atoms with Gasteiger partial charge in [0.15, 0.2) is 0 Å². The van der Waals surface area contributed by atoms with Gasteiger partial charge in [-0.25, -0.2) is 0 Å². The fourth-order valence-electron chi connectivity index (χ4n) is 3.54. The van der Waals surface area contributed by atoms with Crippen LogP contribution in [0, 0.1) is 5.92 Å². The molecule has 2 fully saturated rings. The Bertz CT molecular complexity index is 183. The summed E-state index contributed by atoms with van der Waals surface area (Å²) >= 11 is 0. The van der Waals surface area contributed by atoms with Crippen LogP contribution in [-0.2, 0) is 0 Å². The highest BCUT2D eigenvalue weighted by atomic mass is 15.1. The molecule has 0 amide bonds. The molecule has 1 unspecified atom stereocenters. The zero-order valence-electron chi connectivity index (χ0n) is 12.3. The Labute approximate surface area is 114 Å². The molecule has 0 aromatic heterocycles. The van der Waals surface area contributed by atoms with Crippen LogP contribution in [0.5, 0.6) is 0 Å². The van der Waals surface area contributed by atoms with Crippen molar-refractivity contribution in [3.05, 3.63) is 0 Å². The Kier molecular flexibility index (Phi) is 6.50. The molecular formula is C16H32N2. The molecule has 1 heterocycles. The molecule has 0 radical (unpaired) electrons. The first-order valence-corrected chi connectivity index (χ1v) is 8.26. The van der Waals surface area contributed by atoms with Crippen molar-refractivity contribution in [3.63, 3.8) is 0 Å². The van der Waals surface area contributed by atoms with Crippen molar-refractivity contribution in [2.24, 2.45) is 5.92 Å².